The van der Waals surface area contributed by atoms with Crippen LogP contribution in [0.25, 0.3) is 0 Å². The van der Waals surface area contributed by atoms with Gasteiger partial charge in [-0.05, 0) is 39.1 Å². The number of carbonyl (C=O) groups is 1. The Bertz CT molecular complexity index is 848. The van der Waals surface area contributed by atoms with Gasteiger partial charge in [-0.15, -0.1) is 0 Å². The van der Waals surface area contributed by atoms with Gasteiger partial charge in [-0.1, -0.05) is 36.4 Å². The standard InChI is InChI=1S/C22H25FN2O2/c1-24(2)14-17-15-27-20-10-6-3-7-16(20)13-25(17)21(26)22(11-12-22)18-8-4-5-9-19(18)23/h3-10,17H,11-15H2,1-2H3/t17-/m1/s1. The van der Waals surface area contributed by atoms with Crippen molar-refractivity contribution in [1.82, 2.24) is 9.80 Å². The van der Waals surface area contributed by atoms with Crippen LogP contribution in [-0.4, -0.2) is 49.0 Å². The van der Waals surface area contributed by atoms with E-state index in [0.717, 1.165) is 11.3 Å². The van der Waals surface area contributed by atoms with Gasteiger partial charge in [0.05, 0.1) is 11.5 Å². The molecule has 0 spiro atoms. The molecular formula is C22H25FN2O2. The summed E-state index contributed by atoms with van der Waals surface area (Å²) in [5.74, 6) is 0.547. The molecule has 1 aliphatic carbocycles. The molecule has 2 aromatic carbocycles. The molecule has 5 heteroatoms. The van der Waals surface area contributed by atoms with Crippen LogP contribution >= 0.6 is 0 Å². The number of likely N-dealkylation sites (N-methyl/N-ethyl adjacent to an activating group) is 1. The van der Waals surface area contributed by atoms with Crippen molar-refractivity contribution in [3.63, 3.8) is 0 Å². The lowest BCUT2D eigenvalue weighted by atomic mass is 9.92. The lowest BCUT2D eigenvalue weighted by Gasteiger charge is -2.34. The van der Waals surface area contributed by atoms with Crippen LogP contribution in [0, 0.1) is 5.82 Å². The number of hydrogen-bond donors (Lipinski definition) is 0. The van der Waals surface area contributed by atoms with E-state index >= 15 is 0 Å². The zero-order chi connectivity index (χ0) is 19.0. The molecule has 1 heterocycles. The predicted molar refractivity (Wildman–Crippen MR) is 102 cm³/mol. The van der Waals surface area contributed by atoms with Crippen molar-refractivity contribution in [3.8, 4) is 5.75 Å². The molecular weight excluding hydrogens is 343 g/mol. The zero-order valence-electron chi connectivity index (χ0n) is 15.8. The third-order valence-electron chi connectivity index (χ3n) is 5.57. The Hall–Kier alpha value is -2.40. The third-order valence-corrected chi connectivity index (χ3v) is 5.57. The summed E-state index contributed by atoms with van der Waals surface area (Å²) in [5, 5.41) is 0. The van der Waals surface area contributed by atoms with Crippen molar-refractivity contribution >= 4 is 5.91 Å². The Morgan fingerprint density at radius 2 is 1.89 bits per heavy atom. The van der Waals surface area contributed by atoms with Crippen LogP contribution in [0.2, 0.25) is 0 Å². The van der Waals surface area contributed by atoms with Crippen molar-refractivity contribution in [3.05, 3.63) is 65.5 Å². The Morgan fingerprint density at radius 3 is 2.59 bits per heavy atom. The second kappa shape index (κ2) is 6.97. The fourth-order valence-electron chi connectivity index (χ4n) is 4.02. The van der Waals surface area contributed by atoms with Gasteiger partial charge >= 0.3 is 0 Å². The van der Waals surface area contributed by atoms with Gasteiger partial charge in [0.15, 0.2) is 0 Å². The molecule has 0 radical (unpaired) electrons. The molecule has 4 rings (SSSR count). The largest absolute Gasteiger partial charge is 0.491 e. The number of carbonyl (C=O) groups excluding carboxylic acids is 1. The molecule has 0 unspecified atom stereocenters. The quantitative estimate of drug-likeness (QED) is 0.831. The van der Waals surface area contributed by atoms with Crippen molar-refractivity contribution in [2.24, 2.45) is 0 Å². The van der Waals surface area contributed by atoms with Crippen molar-refractivity contribution in [2.45, 2.75) is 30.8 Å². The molecule has 2 aromatic rings. The molecule has 0 N–H and O–H groups in total. The van der Waals surface area contributed by atoms with Gasteiger partial charge in [0.1, 0.15) is 18.2 Å². The first-order chi connectivity index (χ1) is 13.0. The van der Waals surface area contributed by atoms with Crippen LogP contribution in [0.5, 0.6) is 5.75 Å². The Morgan fingerprint density at radius 1 is 1.19 bits per heavy atom. The maximum Gasteiger partial charge on any atom is 0.234 e. The number of rotatable bonds is 4. The number of nitrogens with zero attached hydrogens (tertiary/aromatic N) is 2. The number of amides is 1. The summed E-state index contributed by atoms with van der Waals surface area (Å²) in [7, 11) is 3.98. The number of para-hydroxylation sites is 1. The van der Waals surface area contributed by atoms with Crippen LogP contribution in [0.3, 0.4) is 0 Å². The SMILES string of the molecule is CN(C)C[C@@H]1COc2ccccc2CN1C(=O)C1(c2ccccc2F)CC1. The van der Waals surface area contributed by atoms with Gasteiger partial charge in [0.2, 0.25) is 5.91 Å². The fourth-order valence-corrected chi connectivity index (χ4v) is 4.02. The summed E-state index contributed by atoms with van der Waals surface area (Å²) in [6.45, 7) is 1.63. The minimum absolute atomic E-state index is 0.0137. The molecule has 142 valence electrons. The molecule has 0 bridgehead atoms. The molecule has 2 aliphatic rings. The minimum Gasteiger partial charge on any atom is -0.491 e. The monoisotopic (exact) mass is 368 g/mol. The number of benzene rings is 2. The van der Waals surface area contributed by atoms with Gasteiger partial charge in [-0.3, -0.25) is 4.79 Å². The molecule has 0 aromatic heterocycles. The first-order valence-electron chi connectivity index (χ1n) is 9.43. The fraction of sp³-hybridized carbons (Fsp3) is 0.409. The van der Waals surface area contributed by atoms with E-state index in [4.69, 9.17) is 4.74 Å². The lowest BCUT2D eigenvalue weighted by molar-refractivity contribution is -0.137. The highest BCUT2D eigenvalue weighted by Gasteiger charge is 2.55. The lowest BCUT2D eigenvalue weighted by Crippen LogP contribution is -2.50. The van der Waals surface area contributed by atoms with Crippen LogP contribution in [0.4, 0.5) is 4.39 Å². The molecule has 1 fully saturated rings. The second-order valence-electron chi connectivity index (χ2n) is 7.83. The van der Waals surface area contributed by atoms with Gasteiger partial charge in [-0.2, -0.15) is 0 Å². The first-order valence-corrected chi connectivity index (χ1v) is 9.43. The molecule has 4 nitrogen and oxygen atoms in total. The molecule has 1 amide bonds. The summed E-state index contributed by atoms with van der Waals surface area (Å²) < 4.78 is 20.5. The maximum absolute atomic E-state index is 14.5. The molecule has 1 saturated carbocycles. The van der Waals surface area contributed by atoms with Crippen molar-refractivity contribution in [2.75, 3.05) is 27.2 Å². The van der Waals surface area contributed by atoms with E-state index in [2.05, 4.69) is 4.90 Å². The molecule has 27 heavy (non-hydrogen) atoms. The molecule has 1 aliphatic heterocycles. The van der Waals surface area contributed by atoms with E-state index in [0.29, 0.717) is 38.1 Å². The van der Waals surface area contributed by atoms with Crippen molar-refractivity contribution in [1.29, 1.82) is 0 Å². The maximum atomic E-state index is 14.5. The van der Waals surface area contributed by atoms with Crippen LogP contribution < -0.4 is 4.74 Å². The zero-order valence-corrected chi connectivity index (χ0v) is 15.8. The van der Waals surface area contributed by atoms with Crippen LogP contribution in [0.15, 0.2) is 48.5 Å². The van der Waals surface area contributed by atoms with E-state index in [1.165, 1.54) is 6.07 Å². The van der Waals surface area contributed by atoms with Gasteiger partial charge in [0, 0.05) is 24.2 Å². The second-order valence-corrected chi connectivity index (χ2v) is 7.83. The summed E-state index contributed by atoms with van der Waals surface area (Å²) in [4.78, 5) is 17.6. The first kappa shape index (κ1) is 18.0. The topological polar surface area (TPSA) is 32.8 Å². The highest BCUT2D eigenvalue weighted by Crippen LogP contribution is 2.51. The summed E-state index contributed by atoms with van der Waals surface area (Å²) >= 11 is 0. The summed E-state index contributed by atoms with van der Waals surface area (Å²) in [5.41, 5.74) is 0.795. The summed E-state index contributed by atoms with van der Waals surface area (Å²) in [6.07, 6.45) is 1.39. The third kappa shape index (κ3) is 3.32. The van der Waals surface area contributed by atoms with E-state index < -0.39 is 5.41 Å². The molecule has 1 atom stereocenters. The average molecular weight is 368 g/mol. The van der Waals surface area contributed by atoms with Crippen LogP contribution in [-0.2, 0) is 16.8 Å². The number of halogens is 1. The highest BCUT2D eigenvalue weighted by molar-refractivity contribution is 5.91. The Balaban J connectivity index is 1.70. The highest BCUT2D eigenvalue weighted by atomic mass is 19.1. The molecule has 0 saturated heterocycles. The van der Waals surface area contributed by atoms with Crippen molar-refractivity contribution < 1.29 is 13.9 Å². The van der Waals surface area contributed by atoms with E-state index in [9.17, 15) is 9.18 Å². The smallest absolute Gasteiger partial charge is 0.234 e. The normalized spacial score (nSPS) is 20.6. The summed E-state index contributed by atoms with van der Waals surface area (Å²) in [6, 6.07) is 14.4. The number of fused-ring (bicyclic) bond motifs is 1. The van der Waals surface area contributed by atoms with E-state index in [1.54, 1.807) is 12.1 Å². The Labute approximate surface area is 159 Å². The van der Waals surface area contributed by atoms with Crippen LogP contribution in [0.1, 0.15) is 24.0 Å². The van der Waals surface area contributed by atoms with Gasteiger partial charge in [0.25, 0.3) is 0 Å². The van der Waals surface area contributed by atoms with E-state index in [1.807, 2.05) is 49.3 Å². The number of ether oxygens (including phenoxy) is 1. The van der Waals surface area contributed by atoms with E-state index in [-0.39, 0.29) is 17.8 Å². The predicted octanol–water partition coefficient (Wildman–Crippen LogP) is 3.21. The number of hydrogen-bond acceptors (Lipinski definition) is 3. The average Bonchev–Trinajstić information content (AvgIpc) is 3.46. The van der Waals surface area contributed by atoms with Gasteiger partial charge in [-0.25, -0.2) is 4.39 Å². The van der Waals surface area contributed by atoms with Gasteiger partial charge < -0.3 is 14.5 Å². The minimum atomic E-state index is -0.727. The Kier molecular flexibility index (Phi) is 4.64.